The van der Waals surface area contributed by atoms with Crippen molar-refractivity contribution in [3.8, 4) is 5.75 Å². The molecule has 136 valence electrons. The van der Waals surface area contributed by atoms with E-state index in [1.165, 1.54) is 11.1 Å². The average molecular weight is 350 g/mol. The fourth-order valence-corrected chi connectivity index (χ4v) is 4.67. The fourth-order valence-electron chi connectivity index (χ4n) is 4.67. The number of benzene rings is 2. The maximum atomic E-state index is 13.5. The molecule has 26 heavy (non-hydrogen) atoms. The van der Waals surface area contributed by atoms with Crippen molar-refractivity contribution in [3.63, 3.8) is 0 Å². The van der Waals surface area contributed by atoms with Crippen LogP contribution in [0.2, 0.25) is 0 Å². The van der Waals surface area contributed by atoms with E-state index < -0.39 is 0 Å². The van der Waals surface area contributed by atoms with Crippen LogP contribution in [0.25, 0.3) is 0 Å². The maximum Gasteiger partial charge on any atom is 0.229 e. The number of carbonyl (C=O) groups excluding carboxylic acids is 1. The molecule has 2 aromatic rings. The molecule has 2 aliphatic heterocycles. The molecule has 1 unspecified atom stereocenters. The number of para-hydroxylation sites is 1. The highest BCUT2D eigenvalue weighted by molar-refractivity contribution is 5.87. The van der Waals surface area contributed by atoms with Crippen LogP contribution in [0.15, 0.2) is 54.6 Å². The third-order valence-corrected chi connectivity index (χ3v) is 6.01. The van der Waals surface area contributed by atoms with Gasteiger partial charge >= 0.3 is 0 Å². The zero-order chi connectivity index (χ0) is 18.0. The minimum Gasteiger partial charge on any atom is -0.496 e. The number of methoxy groups -OCH3 is 1. The van der Waals surface area contributed by atoms with Gasteiger partial charge in [-0.25, -0.2) is 0 Å². The van der Waals surface area contributed by atoms with Crippen molar-refractivity contribution in [2.24, 2.45) is 5.41 Å². The molecule has 0 saturated carbocycles. The summed E-state index contributed by atoms with van der Waals surface area (Å²) in [5.74, 6) is 1.38. The number of likely N-dealkylation sites (tertiary alicyclic amines) is 1. The Labute approximate surface area is 155 Å². The molecule has 0 aromatic heterocycles. The second-order valence-electron chi connectivity index (χ2n) is 7.37. The molecule has 1 atom stereocenters. The first-order valence-electron chi connectivity index (χ1n) is 9.41. The summed E-state index contributed by atoms with van der Waals surface area (Å²) in [5, 5.41) is 3.42. The van der Waals surface area contributed by atoms with Gasteiger partial charge in [-0.2, -0.15) is 0 Å². The molecule has 2 fully saturated rings. The van der Waals surface area contributed by atoms with Crippen molar-refractivity contribution < 1.29 is 9.53 Å². The standard InChI is InChI=1S/C22H26N2O2/c1-26-20-10-6-5-9-18(20)19-16-24(15-17-7-3-2-4-8-17)21(25)22(19)11-13-23-14-12-22/h2-10,19,23H,11-16H2,1H3. The molecule has 2 aliphatic rings. The Morgan fingerprint density at radius 2 is 1.77 bits per heavy atom. The minimum absolute atomic E-state index is 0.178. The monoisotopic (exact) mass is 350 g/mol. The molecular formula is C22H26N2O2. The first kappa shape index (κ1) is 17.1. The molecule has 4 nitrogen and oxygen atoms in total. The molecule has 0 radical (unpaired) electrons. The summed E-state index contributed by atoms with van der Waals surface area (Å²) in [6.07, 6.45) is 1.78. The molecule has 1 amide bonds. The third-order valence-electron chi connectivity index (χ3n) is 6.01. The van der Waals surface area contributed by atoms with Crippen LogP contribution < -0.4 is 10.1 Å². The second kappa shape index (κ2) is 7.12. The zero-order valence-electron chi connectivity index (χ0n) is 15.3. The van der Waals surface area contributed by atoms with Gasteiger partial charge in [0.05, 0.1) is 12.5 Å². The molecule has 2 heterocycles. The van der Waals surface area contributed by atoms with Gasteiger partial charge in [0.2, 0.25) is 5.91 Å². The van der Waals surface area contributed by atoms with E-state index >= 15 is 0 Å². The molecule has 4 heteroatoms. The van der Waals surface area contributed by atoms with Gasteiger partial charge in [-0.05, 0) is 37.6 Å². The predicted octanol–water partition coefficient (Wildman–Crippen LogP) is 3.19. The second-order valence-corrected chi connectivity index (χ2v) is 7.37. The van der Waals surface area contributed by atoms with Gasteiger partial charge in [0.15, 0.2) is 0 Å². The third kappa shape index (κ3) is 2.88. The largest absolute Gasteiger partial charge is 0.496 e. The summed E-state index contributed by atoms with van der Waals surface area (Å²) in [6, 6.07) is 18.5. The van der Waals surface area contributed by atoms with Gasteiger partial charge in [-0.3, -0.25) is 4.79 Å². The van der Waals surface area contributed by atoms with Crippen LogP contribution >= 0.6 is 0 Å². The number of carbonyl (C=O) groups is 1. The summed E-state index contributed by atoms with van der Waals surface area (Å²) >= 11 is 0. The van der Waals surface area contributed by atoms with Crippen LogP contribution in [-0.2, 0) is 11.3 Å². The summed E-state index contributed by atoms with van der Waals surface area (Å²) in [5.41, 5.74) is 2.04. The van der Waals surface area contributed by atoms with Gasteiger partial charge in [-0.15, -0.1) is 0 Å². The lowest BCUT2D eigenvalue weighted by molar-refractivity contribution is -0.138. The summed E-state index contributed by atoms with van der Waals surface area (Å²) in [7, 11) is 1.71. The van der Waals surface area contributed by atoms with Gasteiger partial charge in [0, 0.05) is 24.6 Å². The fraction of sp³-hybridized carbons (Fsp3) is 0.409. The lowest BCUT2D eigenvalue weighted by Gasteiger charge is -2.37. The van der Waals surface area contributed by atoms with E-state index in [0.717, 1.165) is 38.2 Å². The molecule has 1 N–H and O–H groups in total. The SMILES string of the molecule is COc1ccccc1C1CN(Cc2ccccc2)C(=O)C12CCNCC2. The van der Waals surface area contributed by atoms with Crippen LogP contribution in [0.5, 0.6) is 5.75 Å². The van der Waals surface area contributed by atoms with Crippen LogP contribution in [0.1, 0.15) is 29.9 Å². The van der Waals surface area contributed by atoms with E-state index in [1.807, 2.05) is 30.3 Å². The van der Waals surface area contributed by atoms with E-state index in [9.17, 15) is 4.79 Å². The van der Waals surface area contributed by atoms with E-state index in [4.69, 9.17) is 4.74 Å². The summed E-state index contributed by atoms with van der Waals surface area (Å²) in [4.78, 5) is 15.6. The van der Waals surface area contributed by atoms with E-state index in [2.05, 4.69) is 34.5 Å². The number of amides is 1. The van der Waals surface area contributed by atoms with Crippen LogP contribution in [0, 0.1) is 5.41 Å². The molecular weight excluding hydrogens is 324 g/mol. The van der Waals surface area contributed by atoms with Crippen molar-refractivity contribution in [1.82, 2.24) is 10.2 Å². The van der Waals surface area contributed by atoms with Crippen LogP contribution in [-0.4, -0.2) is 37.6 Å². The quantitative estimate of drug-likeness (QED) is 0.921. The summed E-state index contributed by atoms with van der Waals surface area (Å²) in [6.45, 7) is 3.24. The maximum absolute atomic E-state index is 13.5. The highest BCUT2D eigenvalue weighted by Crippen LogP contribution is 2.51. The van der Waals surface area contributed by atoms with E-state index in [-0.39, 0.29) is 11.3 Å². The molecule has 1 spiro atoms. The van der Waals surface area contributed by atoms with Crippen molar-refractivity contribution in [2.45, 2.75) is 25.3 Å². The van der Waals surface area contributed by atoms with E-state index in [0.29, 0.717) is 12.5 Å². The Morgan fingerprint density at radius 1 is 1.08 bits per heavy atom. The van der Waals surface area contributed by atoms with E-state index in [1.54, 1.807) is 7.11 Å². The first-order chi connectivity index (χ1) is 12.7. The van der Waals surface area contributed by atoms with Gasteiger partial charge in [0.1, 0.15) is 5.75 Å². The number of ether oxygens (including phenoxy) is 1. The number of nitrogens with zero attached hydrogens (tertiary/aromatic N) is 1. The highest BCUT2D eigenvalue weighted by Gasteiger charge is 2.54. The Balaban J connectivity index is 1.70. The topological polar surface area (TPSA) is 41.6 Å². The Morgan fingerprint density at radius 3 is 2.50 bits per heavy atom. The molecule has 2 aromatic carbocycles. The molecule has 4 rings (SSSR count). The summed E-state index contributed by atoms with van der Waals surface area (Å²) < 4.78 is 5.64. The number of piperidine rings is 1. The predicted molar refractivity (Wildman–Crippen MR) is 102 cm³/mol. The first-order valence-corrected chi connectivity index (χ1v) is 9.41. The van der Waals surface area contributed by atoms with Crippen LogP contribution in [0.4, 0.5) is 0 Å². The van der Waals surface area contributed by atoms with Crippen molar-refractivity contribution >= 4 is 5.91 Å². The van der Waals surface area contributed by atoms with Crippen molar-refractivity contribution in [3.05, 3.63) is 65.7 Å². The van der Waals surface area contributed by atoms with Gasteiger partial charge in [0.25, 0.3) is 0 Å². The number of rotatable bonds is 4. The Hall–Kier alpha value is -2.33. The Bertz CT molecular complexity index is 769. The molecule has 0 aliphatic carbocycles. The smallest absolute Gasteiger partial charge is 0.229 e. The Kier molecular flexibility index (Phi) is 4.68. The minimum atomic E-state index is -0.311. The number of hydrogen-bond donors (Lipinski definition) is 1. The normalized spacial score (nSPS) is 22.0. The number of nitrogens with one attached hydrogen (secondary N) is 1. The lowest BCUT2D eigenvalue weighted by Crippen LogP contribution is -2.44. The van der Waals surface area contributed by atoms with Gasteiger partial charge in [-0.1, -0.05) is 48.5 Å². The number of hydrogen-bond acceptors (Lipinski definition) is 3. The van der Waals surface area contributed by atoms with Crippen molar-refractivity contribution in [1.29, 1.82) is 0 Å². The average Bonchev–Trinajstić information content (AvgIpc) is 2.95. The molecule has 0 bridgehead atoms. The van der Waals surface area contributed by atoms with Gasteiger partial charge < -0.3 is 15.0 Å². The lowest BCUT2D eigenvalue weighted by atomic mass is 9.68. The molecule has 2 saturated heterocycles. The van der Waals surface area contributed by atoms with Crippen molar-refractivity contribution in [2.75, 3.05) is 26.7 Å². The zero-order valence-corrected chi connectivity index (χ0v) is 15.3. The highest BCUT2D eigenvalue weighted by atomic mass is 16.5. The van der Waals surface area contributed by atoms with Crippen LogP contribution in [0.3, 0.4) is 0 Å².